The molecule has 2 amide bonds. The van der Waals surface area contributed by atoms with Crippen molar-refractivity contribution in [1.29, 1.82) is 0 Å². The summed E-state index contributed by atoms with van der Waals surface area (Å²) in [4.78, 5) is 29.3. The topological polar surface area (TPSA) is 70.5 Å². The number of amides is 2. The average molecular weight is 442 g/mol. The second-order valence-electron chi connectivity index (χ2n) is 8.15. The summed E-state index contributed by atoms with van der Waals surface area (Å²) in [6.45, 7) is 7.53. The normalized spacial score (nSPS) is 19.0. The van der Waals surface area contributed by atoms with Crippen molar-refractivity contribution in [3.8, 4) is 5.69 Å². The molecule has 1 fully saturated rings. The van der Waals surface area contributed by atoms with Crippen molar-refractivity contribution in [3.63, 3.8) is 0 Å². The molecule has 2 aromatic rings. The third kappa shape index (κ3) is 4.80. The van der Waals surface area contributed by atoms with Gasteiger partial charge in [0.25, 0.3) is 0 Å². The number of carbonyl (C=O) groups excluding carboxylic acids is 2. The third-order valence-electron chi connectivity index (χ3n) is 6.12. The van der Waals surface area contributed by atoms with Crippen molar-refractivity contribution in [2.24, 2.45) is 0 Å². The molecular formula is C23H31N5O2S. The highest BCUT2D eigenvalue weighted by atomic mass is 32.2. The average Bonchev–Trinajstić information content (AvgIpc) is 3.38. The first-order valence-corrected chi connectivity index (χ1v) is 12.2. The lowest BCUT2D eigenvalue weighted by Gasteiger charge is -2.27. The summed E-state index contributed by atoms with van der Waals surface area (Å²) in [7, 11) is 0. The minimum Gasteiger partial charge on any atom is -0.355 e. The van der Waals surface area contributed by atoms with E-state index in [1.165, 1.54) is 18.2 Å². The summed E-state index contributed by atoms with van der Waals surface area (Å²) in [6.07, 6.45) is 3.43. The molecule has 1 N–H and O–H groups in total. The van der Waals surface area contributed by atoms with Crippen LogP contribution in [0.5, 0.6) is 0 Å². The van der Waals surface area contributed by atoms with Crippen LogP contribution in [0.25, 0.3) is 5.69 Å². The number of hydrogen-bond acceptors (Lipinski definition) is 5. The van der Waals surface area contributed by atoms with Gasteiger partial charge in [-0.15, -0.1) is 0 Å². The van der Waals surface area contributed by atoms with E-state index in [1.807, 2.05) is 46.8 Å². The largest absolute Gasteiger partial charge is 0.355 e. The monoisotopic (exact) mass is 441 g/mol. The van der Waals surface area contributed by atoms with Gasteiger partial charge in [-0.25, -0.2) is 4.68 Å². The van der Waals surface area contributed by atoms with Gasteiger partial charge in [-0.3, -0.25) is 14.5 Å². The van der Waals surface area contributed by atoms with Crippen molar-refractivity contribution in [2.75, 3.05) is 36.8 Å². The first-order chi connectivity index (χ1) is 15.1. The minimum atomic E-state index is 0.0683. The smallest absolute Gasteiger partial charge is 0.237 e. The summed E-state index contributed by atoms with van der Waals surface area (Å²) in [5.41, 5.74) is 2.71. The third-order valence-corrected chi connectivity index (χ3v) is 7.15. The fraction of sp³-hybridized carbons (Fsp3) is 0.522. The molecule has 0 aliphatic carbocycles. The lowest BCUT2D eigenvalue weighted by molar-refractivity contribution is -0.121. The van der Waals surface area contributed by atoms with Crippen LogP contribution in [0.15, 0.2) is 35.4 Å². The van der Waals surface area contributed by atoms with E-state index in [9.17, 15) is 9.59 Å². The predicted octanol–water partition coefficient (Wildman–Crippen LogP) is 3.00. The number of rotatable bonds is 8. The van der Waals surface area contributed by atoms with Crippen molar-refractivity contribution in [2.45, 2.75) is 50.6 Å². The molecule has 1 aromatic carbocycles. The first kappa shape index (κ1) is 21.9. The number of nitrogens with zero attached hydrogens (tertiary/aromatic N) is 4. The van der Waals surface area contributed by atoms with Gasteiger partial charge in [-0.1, -0.05) is 36.9 Å². The summed E-state index contributed by atoms with van der Waals surface area (Å²) < 4.78 is 1.92. The van der Waals surface area contributed by atoms with Crippen molar-refractivity contribution >= 4 is 29.3 Å². The molecule has 0 saturated carbocycles. The van der Waals surface area contributed by atoms with E-state index < -0.39 is 0 Å². The molecule has 1 atom stereocenters. The number of carbonyl (C=O) groups is 2. The number of likely N-dealkylation sites (N-methyl/N-ethyl adjacent to an activating group) is 1. The Morgan fingerprint density at radius 1 is 1.29 bits per heavy atom. The van der Waals surface area contributed by atoms with Gasteiger partial charge < -0.3 is 10.2 Å². The number of thioether (sulfide) groups is 1. The van der Waals surface area contributed by atoms with Gasteiger partial charge in [-0.05, 0) is 51.4 Å². The minimum absolute atomic E-state index is 0.0683. The van der Waals surface area contributed by atoms with E-state index in [0.717, 1.165) is 48.1 Å². The molecule has 4 rings (SSSR count). The maximum absolute atomic E-state index is 12.7. The second kappa shape index (κ2) is 9.87. The van der Waals surface area contributed by atoms with Gasteiger partial charge in [0, 0.05) is 25.6 Å². The molecule has 1 aromatic heterocycles. The van der Waals surface area contributed by atoms with E-state index in [2.05, 4.69) is 17.1 Å². The summed E-state index contributed by atoms with van der Waals surface area (Å²) in [6, 6.07) is 10.4. The standard InChI is InChI=1S/C23H31N5O2S/c1-3-26-13-7-11-19(26)15-24-20(29)12-8-14-27-21(30)16-31-23-22(27)17(2)25-28(23)18-9-5-4-6-10-18/h4-6,9-10,19H,3,7-8,11-16H2,1-2H3,(H,24,29). The second-order valence-corrected chi connectivity index (χ2v) is 9.12. The number of nitrogens with one attached hydrogen (secondary N) is 1. The van der Waals surface area contributed by atoms with Gasteiger partial charge >= 0.3 is 0 Å². The Hall–Kier alpha value is -2.32. The van der Waals surface area contributed by atoms with Crippen molar-refractivity contribution in [1.82, 2.24) is 20.0 Å². The van der Waals surface area contributed by atoms with Crippen LogP contribution in [-0.2, 0) is 9.59 Å². The number of aryl methyl sites for hydroxylation is 1. The van der Waals surface area contributed by atoms with Crippen molar-refractivity contribution < 1.29 is 9.59 Å². The molecule has 2 aliphatic rings. The molecule has 1 unspecified atom stereocenters. The molecule has 166 valence electrons. The van der Waals surface area contributed by atoms with E-state index >= 15 is 0 Å². The van der Waals surface area contributed by atoms with Gasteiger partial charge in [-0.2, -0.15) is 5.10 Å². The fourth-order valence-electron chi connectivity index (χ4n) is 4.51. The number of para-hydroxylation sites is 1. The first-order valence-electron chi connectivity index (χ1n) is 11.2. The Morgan fingerprint density at radius 3 is 2.87 bits per heavy atom. The molecule has 3 heterocycles. The molecule has 0 spiro atoms. The Morgan fingerprint density at radius 2 is 2.10 bits per heavy atom. The maximum atomic E-state index is 12.7. The fourth-order valence-corrected chi connectivity index (χ4v) is 5.59. The Labute approximate surface area is 188 Å². The highest BCUT2D eigenvalue weighted by molar-refractivity contribution is 8.00. The van der Waals surface area contributed by atoms with Crippen molar-refractivity contribution in [3.05, 3.63) is 36.0 Å². The zero-order valence-electron chi connectivity index (χ0n) is 18.3. The lowest BCUT2D eigenvalue weighted by atomic mass is 10.2. The predicted molar refractivity (Wildman–Crippen MR) is 124 cm³/mol. The maximum Gasteiger partial charge on any atom is 0.237 e. The van der Waals surface area contributed by atoms with Crippen LogP contribution in [0, 0.1) is 6.92 Å². The Kier molecular flexibility index (Phi) is 6.97. The summed E-state index contributed by atoms with van der Waals surface area (Å²) in [5.74, 6) is 0.544. The molecule has 7 nitrogen and oxygen atoms in total. The summed E-state index contributed by atoms with van der Waals surface area (Å²) in [5, 5.41) is 8.78. The van der Waals surface area contributed by atoms with E-state index in [0.29, 0.717) is 31.2 Å². The van der Waals surface area contributed by atoms with Crippen LogP contribution in [-0.4, -0.2) is 64.5 Å². The van der Waals surface area contributed by atoms with E-state index in [1.54, 1.807) is 0 Å². The molecule has 0 radical (unpaired) electrons. The molecule has 31 heavy (non-hydrogen) atoms. The van der Waals surface area contributed by atoms with Gasteiger partial charge in [0.1, 0.15) is 5.03 Å². The van der Waals surface area contributed by atoms with Crippen LogP contribution in [0.4, 0.5) is 5.69 Å². The number of hydrogen-bond donors (Lipinski definition) is 1. The molecular weight excluding hydrogens is 410 g/mol. The lowest BCUT2D eigenvalue weighted by Crippen LogP contribution is -2.40. The van der Waals surface area contributed by atoms with Crippen LogP contribution in [0.3, 0.4) is 0 Å². The number of aromatic nitrogens is 2. The van der Waals surface area contributed by atoms with Crippen LogP contribution >= 0.6 is 11.8 Å². The SMILES string of the molecule is CCN1CCCC1CNC(=O)CCCN1C(=O)CSc2c1c(C)nn2-c1ccccc1. The molecule has 2 aliphatic heterocycles. The van der Waals surface area contributed by atoms with Crippen LogP contribution in [0.2, 0.25) is 0 Å². The zero-order chi connectivity index (χ0) is 21.8. The zero-order valence-corrected chi connectivity index (χ0v) is 19.2. The number of fused-ring (bicyclic) bond motifs is 1. The van der Waals surface area contributed by atoms with Crippen LogP contribution < -0.4 is 10.2 Å². The van der Waals surface area contributed by atoms with Crippen LogP contribution in [0.1, 0.15) is 38.3 Å². The number of anilines is 1. The highest BCUT2D eigenvalue weighted by Gasteiger charge is 2.31. The Balaban J connectivity index is 1.36. The molecule has 8 heteroatoms. The van der Waals surface area contributed by atoms with Gasteiger partial charge in [0.15, 0.2) is 0 Å². The molecule has 1 saturated heterocycles. The molecule has 0 bridgehead atoms. The number of benzene rings is 1. The highest BCUT2D eigenvalue weighted by Crippen LogP contribution is 2.39. The van der Waals surface area contributed by atoms with Gasteiger partial charge in [0.2, 0.25) is 11.8 Å². The summed E-state index contributed by atoms with van der Waals surface area (Å²) >= 11 is 1.53. The van der Waals surface area contributed by atoms with Gasteiger partial charge in [0.05, 0.1) is 22.8 Å². The number of likely N-dealkylation sites (tertiary alicyclic amines) is 1. The quantitative estimate of drug-likeness (QED) is 0.682. The van der Waals surface area contributed by atoms with E-state index in [-0.39, 0.29) is 11.8 Å². The van der Waals surface area contributed by atoms with E-state index in [4.69, 9.17) is 5.10 Å². The Bertz CT molecular complexity index is 930.